The van der Waals surface area contributed by atoms with Crippen molar-refractivity contribution in [3.05, 3.63) is 23.8 Å². The number of rotatable bonds is 3. The van der Waals surface area contributed by atoms with Crippen LogP contribution in [0.5, 0.6) is 5.75 Å². The molecular weight excluding hydrogens is 250 g/mol. The van der Waals surface area contributed by atoms with Gasteiger partial charge in [-0.2, -0.15) is 0 Å². The maximum atomic E-state index is 9.57. The van der Waals surface area contributed by atoms with Crippen molar-refractivity contribution in [3.63, 3.8) is 0 Å². The highest BCUT2D eigenvalue weighted by Gasteiger charge is 2.17. The summed E-state index contributed by atoms with van der Waals surface area (Å²) < 4.78 is 0. The molecule has 5 N–H and O–H groups in total. The predicted octanol–water partition coefficient (Wildman–Crippen LogP) is 0.764. The topological polar surface area (TPSA) is 86.7 Å². The van der Waals surface area contributed by atoms with Crippen LogP contribution < -0.4 is 5.73 Å². The van der Waals surface area contributed by atoms with Gasteiger partial charge in [-0.3, -0.25) is 0 Å². The Kier molecular flexibility index (Phi) is 3.74. The van der Waals surface area contributed by atoms with E-state index in [4.69, 9.17) is 5.73 Å². The van der Waals surface area contributed by atoms with Gasteiger partial charge in [-0.1, -0.05) is 22.0 Å². The van der Waals surface area contributed by atoms with Crippen LogP contribution in [0.2, 0.25) is 0 Å². The average Bonchev–Trinajstić information content (AvgIpc) is 2.20. The normalized spacial score (nSPS) is 15.1. The molecule has 0 bridgehead atoms. The molecule has 14 heavy (non-hydrogen) atoms. The van der Waals surface area contributed by atoms with Gasteiger partial charge in [0, 0.05) is 5.33 Å². The highest BCUT2D eigenvalue weighted by molar-refractivity contribution is 9.09. The lowest BCUT2D eigenvalue weighted by Crippen LogP contribution is -2.19. The average molecular weight is 262 g/mol. The zero-order chi connectivity index (χ0) is 10.7. The Balaban J connectivity index is 2.91. The van der Waals surface area contributed by atoms with E-state index in [1.807, 2.05) is 0 Å². The molecule has 0 saturated carbocycles. The summed E-state index contributed by atoms with van der Waals surface area (Å²) in [7, 11) is 0. The zero-order valence-electron chi connectivity index (χ0n) is 7.39. The summed E-state index contributed by atoms with van der Waals surface area (Å²) >= 11 is 3.05. The summed E-state index contributed by atoms with van der Waals surface area (Å²) in [5.41, 5.74) is 6.07. The molecule has 1 aromatic carbocycles. The van der Waals surface area contributed by atoms with Crippen molar-refractivity contribution in [2.45, 2.75) is 12.2 Å². The number of phenolic OH excluding ortho intramolecular Hbond substituents is 1. The van der Waals surface area contributed by atoms with Crippen molar-refractivity contribution in [2.75, 3.05) is 11.1 Å². The maximum Gasteiger partial charge on any atom is 0.138 e. The molecule has 0 aromatic heterocycles. The molecule has 0 fully saturated rings. The van der Waals surface area contributed by atoms with E-state index in [0.29, 0.717) is 5.56 Å². The molecule has 1 rings (SSSR count). The monoisotopic (exact) mass is 261 g/mol. The van der Waals surface area contributed by atoms with Gasteiger partial charge in [0.1, 0.15) is 11.9 Å². The van der Waals surface area contributed by atoms with Crippen LogP contribution >= 0.6 is 15.9 Å². The highest BCUT2D eigenvalue weighted by Crippen LogP contribution is 2.26. The molecule has 0 heterocycles. The maximum absolute atomic E-state index is 9.57. The lowest BCUT2D eigenvalue weighted by atomic mass is 10.0. The van der Waals surface area contributed by atoms with Crippen molar-refractivity contribution in [1.82, 2.24) is 0 Å². The van der Waals surface area contributed by atoms with E-state index in [1.54, 1.807) is 6.07 Å². The number of nitrogen functional groups attached to an aromatic ring is 1. The number of phenols is 1. The molecule has 0 amide bonds. The fourth-order valence-electron chi connectivity index (χ4n) is 1.05. The molecule has 2 atom stereocenters. The number of anilines is 1. The Bertz CT molecular complexity index is 319. The van der Waals surface area contributed by atoms with Gasteiger partial charge in [-0.05, 0) is 17.7 Å². The summed E-state index contributed by atoms with van der Waals surface area (Å²) in [4.78, 5) is 0. The first-order chi connectivity index (χ1) is 6.56. The Morgan fingerprint density at radius 3 is 2.50 bits per heavy atom. The summed E-state index contributed by atoms with van der Waals surface area (Å²) in [5.74, 6) is -0.0941. The van der Waals surface area contributed by atoms with Crippen LogP contribution in [-0.2, 0) is 0 Å². The highest BCUT2D eigenvalue weighted by atomic mass is 79.9. The van der Waals surface area contributed by atoms with Gasteiger partial charge in [0.05, 0.1) is 11.8 Å². The van der Waals surface area contributed by atoms with Crippen molar-refractivity contribution in [1.29, 1.82) is 0 Å². The number of halogens is 1. The van der Waals surface area contributed by atoms with Gasteiger partial charge in [0.2, 0.25) is 0 Å². The fraction of sp³-hybridized carbons (Fsp3) is 0.333. The number of alkyl halides is 1. The number of hydrogen-bond donors (Lipinski definition) is 4. The van der Waals surface area contributed by atoms with Crippen LogP contribution in [0.1, 0.15) is 11.7 Å². The lowest BCUT2D eigenvalue weighted by Gasteiger charge is -2.16. The van der Waals surface area contributed by atoms with Crippen LogP contribution in [0, 0.1) is 0 Å². The van der Waals surface area contributed by atoms with Gasteiger partial charge in [0.15, 0.2) is 0 Å². The minimum Gasteiger partial charge on any atom is -0.506 e. The molecule has 4 nitrogen and oxygen atoms in total. The van der Waals surface area contributed by atoms with Crippen molar-refractivity contribution in [3.8, 4) is 5.75 Å². The zero-order valence-corrected chi connectivity index (χ0v) is 8.98. The van der Waals surface area contributed by atoms with E-state index >= 15 is 0 Å². The third-order valence-corrected chi connectivity index (χ3v) is 2.58. The van der Waals surface area contributed by atoms with Gasteiger partial charge in [-0.15, -0.1) is 0 Å². The Hall–Kier alpha value is -0.780. The third-order valence-electron chi connectivity index (χ3n) is 1.92. The van der Waals surface area contributed by atoms with E-state index in [2.05, 4.69) is 15.9 Å². The standard InChI is InChI=1S/C9H12BrNO3/c10-4-8(13)9(14)5-1-2-6(11)7(12)3-5/h1-3,8-9,12-14H,4,11H2. The molecule has 0 aliphatic heterocycles. The molecule has 0 saturated heterocycles. The van der Waals surface area contributed by atoms with Crippen LogP contribution in [0.3, 0.4) is 0 Å². The Morgan fingerprint density at radius 1 is 1.36 bits per heavy atom. The number of aliphatic hydroxyl groups excluding tert-OH is 2. The SMILES string of the molecule is Nc1ccc(C(O)C(O)CBr)cc1O. The van der Waals surface area contributed by atoms with E-state index < -0.39 is 12.2 Å². The summed E-state index contributed by atoms with van der Waals surface area (Å²) in [6, 6.07) is 4.38. The first kappa shape index (κ1) is 11.3. The molecule has 5 heteroatoms. The van der Waals surface area contributed by atoms with Gasteiger partial charge < -0.3 is 21.1 Å². The van der Waals surface area contributed by atoms with Crippen LogP contribution in [0.15, 0.2) is 18.2 Å². The minimum atomic E-state index is -1.03. The molecule has 1 aromatic rings. The summed E-state index contributed by atoms with van der Waals surface area (Å²) in [5, 5.41) is 28.4. The van der Waals surface area contributed by atoms with Gasteiger partial charge in [-0.25, -0.2) is 0 Å². The molecular formula is C9H12BrNO3. The fourth-order valence-corrected chi connectivity index (χ4v) is 1.41. The Morgan fingerprint density at radius 2 is 2.00 bits per heavy atom. The van der Waals surface area contributed by atoms with Crippen LogP contribution in [-0.4, -0.2) is 26.8 Å². The van der Waals surface area contributed by atoms with Crippen molar-refractivity contribution >= 4 is 21.6 Å². The second kappa shape index (κ2) is 4.63. The van der Waals surface area contributed by atoms with Crippen molar-refractivity contribution < 1.29 is 15.3 Å². The largest absolute Gasteiger partial charge is 0.506 e. The van der Waals surface area contributed by atoms with Gasteiger partial charge >= 0.3 is 0 Å². The van der Waals surface area contributed by atoms with E-state index in [1.165, 1.54) is 12.1 Å². The molecule has 0 radical (unpaired) electrons. The number of nitrogens with two attached hydrogens (primary N) is 1. The molecule has 78 valence electrons. The molecule has 0 aliphatic carbocycles. The number of aliphatic hydroxyl groups is 2. The summed E-state index contributed by atoms with van der Waals surface area (Å²) in [6.45, 7) is 0. The van der Waals surface area contributed by atoms with Crippen molar-refractivity contribution in [2.24, 2.45) is 0 Å². The van der Waals surface area contributed by atoms with Crippen LogP contribution in [0.4, 0.5) is 5.69 Å². The second-order valence-corrected chi connectivity index (χ2v) is 3.63. The predicted molar refractivity (Wildman–Crippen MR) is 57.3 cm³/mol. The van der Waals surface area contributed by atoms with Gasteiger partial charge in [0.25, 0.3) is 0 Å². The third kappa shape index (κ3) is 2.37. The first-order valence-electron chi connectivity index (χ1n) is 4.06. The number of hydrogen-bond acceptors (Lipinski definition) is 4. The summed E-state index contributed by atoms with van der Waals surface area (Å²) in [6.07, 6.45) is -1.93. The Labute approximate surface area is 90.1 Å². The number of benzene rings is 1. The molecule has 2 unspecified atom stereocenters. The van der Waals surface area contributed by atoms with E-state index in [-0.39, 0.29) is 16.8 Å². The number of aromatic hydroxyl groups is 1. The lowest BCUT2D eigenvalue weighted by molar-refractivity contribution is 0.0342. The van der Waals surface area contributed by atoms with E-state index in [9.17, 15) is 15.3 Å². The minimum absolute atomic E-state index is 0.0941. The smallest absolute Gasteiger partial charge is 0.138 e. The van der Waals surface area contributed by atoms with E-state index in [0.717, 1.165) is 0 Å². The quantitative estimate of drug-likeness (QED) is 0.368. The second-order valence-electron chi connectivity index (χ2n) is 2.98. The molecule has 0 spiro atoms. The first-order valence-corrected chi connectivity index (χ1v) is 5.19. The van der Waals surface area contributed by atoms with Crippen LogP contribution in [0.25, 0.3) is 0 Å². The molecule has 0 aliphatic rings.